The summed E-state index contributed by atoms with van der Waals surface area (Å²) < 4.78 is 1.84. The van der Waals surface area contributed by atoms with Gasteiger partial charge in [0.25, 0.3) is 5.91 Å². The van der Waals surface area contributed by atoms with Gasteiger partial charge in [-0.3, -0.25) is 9.59 Å². The van der Waals surface area contributed by atoms with Crippen LogP contribution in [-0.4, -0.2) is 45.7 Å². The zero-order valence-corrected chi connectivity index (χ0v) is 19.8. The van der Waals surface area contributed by atoms with Crippen LogP contribution in [0, 0.1) is 6.92 Å². The Labute approximate surface area is 194 Å². The fourth-order valence-electron chi connectivity index (χ4n) is 4.27. The molecule has 0 saturated carbocycles. The molecule has 0 radical (unpaired) electrons. The first-order valence-corrected chi connectivity index (χ1v) is 11.6. The average Bonchev–Trinajstić information content (AvgIpc) is 3.43. The molecule has 8 nitrogen and oxygen atoms in total. The minimum atomic E-state index is -0.326. The number of carbonyl (C=O) groups excluding carboxylic acids is 2. The SMILES string of the molecule is Cc1nc2c(cnn2C(C)C)cc1C(=O)NC(C)CC(=O)Nc1cccc(N2CCCC2)c1. The van der Waals surface area contributed by atoms with Gasteiger partial charge in [0.2, 0.25) is 5.91 Å². The molecule has 1 fully saturated rings. The Morgan fingerprint density at radius 1 is 1.12 bits per heavy atom. The summed E-state index contributed by atoms with van der Waals surface area (Å²) in [6.07, 6.45) is 4.32. The van der Waals surface area contributed by atoms with E-state index in [2.05, 4.69) is 31.7 Å². The molecule has 0 aliphatic carbocycles. The Balaban J connectivity index is 1.37. The van der Waals surface area contributed by atoms with Crippen molar-refractivity contribution in [3.05, 3.63) is 47.8 Å². The van der Waals surface area contributed by atoms with Gasteiger partial charge >= 0.3 is 0 Å². The number of benzene rings is 1. The molecule has 4 rings (SSSR count). The van der Waals surface area contributed by atoms with Gasteiger partial charge in [0, 0.05) is 48.4 Å². The van der Waals surface area contributed by atoms with Gasteiger partial charge in [0.1, 0.15) is 0 Å². The molecular formula is C25H32N6O2. The summed E-state index contributed by atoms with van der Waals surface area (Å²) >= 11 is 0. The van der Waals surface area contributed by atoms with Crippen LogP contribution >= 0.6 is 0 Å². The lowest BCUT2D eigenvalue weighted by Gasteiger charge is -2.19. The van der Waals surface area contributed by atoms with Crippen molar-refractivity contribution in [3.8, 4) is 0 Å². The molecule has 1 aliphatic rings. The van der Waals surface area contributed by atoms with Crippen molar-refractivity contribution in [2.45, 2.75) is 59.0 Å². The van der Waals surface area contributed by atoms with Crippen LogP contribution < -0.4 is 15.5 Å². The van der Waals surface area contributed by atoms with Crippen LogP contribution in [-0.2, 0) is 4.79 Å². The number of aryl methyl sites for hydroxylation is 1. The maximum absolute atomic E-state index is 12.9. The third-order valence-electron chi connectivity index (χ3n) is 5.96. The number of fused-ring (bicyclic) bond motifs is 1. The zero-order chi connectivity index (χ0) is 23.5. The van der Waals surface area contributed by atoms with Crippen LogP contribution in [0.15, 0.2) is 36.5 Å². The summed E-state index contributed by atoms with van der Waals surface area (Å²) in [6, 6.07) is 9.60. The Kier molecular flexibility index (Phi) is 6.62. The molecular weight excluding hydrogens is 416 g/mol. The topological polar surface area (TPSA) is 92.1 Å². The minimum absolute atomic E-state index is 0.134. The van der Waals surface area contributed by atoms with E-state index in [1.54, 1.807) is 6.20 Å². The van der Waals surface area contributed by atoms with Crippen LogP contribution in [0.5, 0.6) is 0 Å². The van der Waals surface area contributed by atoms with Gasteiger partial charge in [-0.25, -0.2) is 9.67 Å². The van der Waals surface area contributed by atoms with Crippen LogP contribution in [0.4, 0.5) is 11.4 Å². The molecule has 174 valence electrons. The second-order valence-corrected chi connectivity index (χ2v) is 9.09. The van der Waals surface area contributed by atoms with Crippen LogP contribution in [0.1, 0.15) is 62.1 Å². The molecule has 0 bridgehead atoms. The van der Waals surface area contributed by atoms with E-state index in [4.69, 9.17) is 0 Å². The fourth-order valence-corrected chi connectivity index (χ4v) is 4.27. The molecule has 0 spiro atoms. The quantitative estimate of drug-likeness (QED) is 0.569. The molecule has 1 unspecified atom stereocenters. The first-order valence-electron chi connectivity index (χ1n) is 11.6. The van der Waals surface area contributed by atoms with E-state index in [0.29, 0.717) is 11.3 Å². The van der Waals surface area contributed by atoms with Crippen molar-refractivity contribution in [3.63, 3.8) is 0 Å². The second kappa shape index (κ2) is 9.60. The number of nitrogens with one attached hydrogen (secondary N) is 2. The highest BCUT2D eigenvalue weighted by Crippen LogP contribution is 2.23. The Morgan fingerprint density at radius 3 is 2.61 bits per heavy atom. The van der Waals surface area contributed by atoms with Crippen LogP contribution in [0.3, 0.4) is 0 Å². The van der Waals surface area contributed by atoms with Crippen LogP contribution in [0.2, 0.25) is 0 Å². The van der Waals surface area contributed by atoms with Crippen LogP contribution in [0.25, 0.3) is 11.0 Å². The highest BCUT2D eigenvalue weighted by molar-refractivity contribution is 5.99. The van der Waals surface area contributed by atoms with E-state index in [-0.39, 0.29) is 30.3 Å². The maximum Gasteiger partial charge on any atom is 0.253 e. The number of hydrogen-bond acceptors (Lipinski definition) is 5. The standard InChI is InChI=1S/C25H32N6O2/c1-16(2)31-24-19(15-26-31)13-22(18(4)28-24)25(33)27-17(3)12-23(32)29-20-8-7-9-21(14-20)30-10-5-6-11-30/h7-9,13-17H,5-6,10-12H2,1-4H3,(H,27,33)(H,29,32). The first-order chi connectivity index (χ1) is 15.8. The lowest BCUT2D eigenvalue weighted by Crippen LogP contribution is -2.36. The van der Waals surface area contributed by atoms with Crippen molar-refractivity contribution >= 4 is 34.2 Å². The monoisotopic (exact) mass is 448 g/mol. The largest absolute Gasteiger partial charge is 0.371 e. The smallest absolute Gasteiger partial charge is 0.253 e. The number of pyridine rings is 1. The number of aromatic nitrogens is 3. The molecule has 1 atom stereocenters. The fraction of sp³-hybridized carbons (Fsp3) is 0.440. The number of carbonyl (C=O) groups is 2. The number of hydrogen-bond donors (Lipinski definition) is 2. The van der Waals surface area contributed by atoms with E-state index in [0.717, 1.165) is 35.5 Å². The van der Waals surface area contributed by atoms with Gasteiger partial charge in [-0.2, -0.15) is 5.10 Å². The first kappa shape index (κ1) is 22.8. The Hall–Kier alpha value is -3.42. The van der Waals surface area contributed by atoms with Crippen molar-refractivity contribution in [1.82, 2.24) is 20.1 Å². The highest BCUT2D eigenvalue weighted by atomic mass is 16.2. The van der Waals surface area contributed by atoms with Crippen molar-refractivity contribution in [1.29, 1.82) is 0 Å². The summed E-state index contributed by atoms with van der Waals surface area (Å²) in [5.74, 6) is -0.375. The number of anilines is 2. The van der Waals surface area contributed by atoms with Crippen molar-refractivity contribution in [2.24, 2.45) is 0 Å². The molecule has 1 aromatic carbocycles. The summed E-state index contributed by atoms with van der Waals surface area (Å²) in [5, 5.41) is 11.1. The minimum Gasteiger partial charge on any atom is -0.371 e. The van der Waals surface area contributed by atoms with E-state index in [1.165, 1.54) is 12.8 Å². The van der Waals surface area contributed by atoms with E-state index < -0.39 is 0 Å². The maximum atomic E-state index is 12.9. The molecule has 2 N–H and O–H groups in total. The molecule has 8 heteroatoms. The zero-order valence-electron chi connectivity index (χ0n) is 19.8. The summed E-state index contributed by atoms with van der Waals surface area (Å²) in [5.41, 5.74) is 3.80. The second-order valence-electron chi connectivity index (χ2n) is 9.09. The molecule has 3 heterocycles. The summed E-state index contributed by atoms with van der Waals surface area (Å²) in [4.78, 5) is 32.4. The van der Waals surface area contributed by atoms with Gasteiger partial charge in [-0.05, 0) is 64.8 Å². The Bertz CT molecular complexity index is 1160. The van der Waals surface area contributed by atoms with Gasteiger partial charge in [0.15, 0.2) is 5.65 Å². The molecule has 2 amide bonds. The van der Waals surface area contributed by atoms with E-state index >= 15 is 0 Å². The Morgan fingerprint density at radius 2 is 1.88 bits per heavy atom. The predicted molar refractivity (Wildman–Crippen MR) is 131 cm³/mol. The molecule has 1 saturated heterocycles. The lowest BCUT2D eigenvalue weighted by atomic mass is 10.1. The van der Waals surface area contributed by atoms with E-state index in [1.807, 2.05) is 56.6 Å². The third kappa shape index (κ3) is 5.16. The van der Waals surface area contributed by atoms with Gasteiger partial charge in [-0.15, -0.1) is 0 Å². The number of nitrogens with zero attached hydrogens (tertiary/aromatic N) is 4. The molecule has 2 aromatic heterocycles. The predicted octanol–water partition coefficient (Wildman–Crippen LogP) is 4.07. The lowest BCUT2D eigenvalue weighted by molar-refractivity contribution is -0.116. The third-order valence-corrected chi connectivity index (χ3v) is 5.96. The van der Waals surface area contributed by atoms with Gasteiger partial charge < -0.3 is 15.5 Å². The molecule has 1 aliphatic heterocycles. The number of amides is 2. The normalized spacial score (nSPS) is 14.6. The summed E-state index contributed by atoms with van der Waals surface area (Å²) in [7, 11) is 0. The number of rotatable bonds is 7. The summed E-state index contributed by atoms with van der Waals surface area (Å²) in [6.45, 7) is 9.84. The van der Waals surface area contributed by atoms with E-state index in [9.17, 15) is 9.59 Å². The van der Waals surface area contributed by atoms with Gasteiger partial charge in [-0.1, -0.05) is 6.07 Å². The van der Waals surface area contributed by atoms with Gasteiger partial charge in [0.05, 0.1) is 17.5 Å². The molecule has 3 aromatic rings. The molecule has 33 heavy (non-hydrogen) atoms. The highest BCUT2D eigenvalue weighted by Gasteiger charge is 2.19. The van der Waals surface area contributed by atoms with Crippen molar-refractivity contribution < 1.29 is 9.59 Å². The average molecular weight is 449 g/mol. The van der Waals surface area contributed by atoms with Crippen molar-refractivity contribution in [2.75, 3.05) is 23.3 Å².